The molecule has 3 heteroatoms. The van der Waals surface area contributed by atoms with Crippen LogP contribution in [0.25, 0.3) is 22.0 Å². The summed E-state index contributed by atoms with van der Waals surface area (Å²) in [5, 5.41) is 1.30. The molecule has 3 nitrogen and oxygen atoms in total. The topological polar surface area (TPSA) is 17.4 Å². The number of hydrogen-bond acceptors (Lipinski definition) is 2. The first-order valence-corrected chi connectivity index (χ1v) is 10.2. The van der Waals surface area contributed by atoms with E-state index in [1.807, 2.05) is 12.1 Å². The molecule has 142 valence electrons. The van der Waals surface area contributed by atoms with Gasteiger partial charge in [0.25, 0.3) is 0 Å². The molecule has 1 heterocycles. The molecular weight excluding hydrogens is 332 g/mol. The van der Waals surface area contributed by atoms with Gasteiger partial charge < -0.3 is 14.2 Å². The summed E-state index contributed by atoms with van der Waals surface area (Å²) in [6.45, 7) is 2.14. The second-order valence-corrected chi connectivity index (χ2v) is 7.76. The number of para-hydroxylation sites is 1. The summed E-state index contributed by atoms with van der Waals surface area (Å²) in [4.78, 5) is 2.56. The number of nitrogens with zero attached hydrogens (tertiary/aromatic N) is 2. The molecule has 0 aliphatic heterocycles. The largest absolute Gasteiger partial charge is 0.496 e. The maximum absolute atomic E-state index is 5.56. The van der Waals surface area contributed by atoms with E-state index in [0.717, 1.165) is 30.4 Å². The van der Waals surface area contributed by atoms with Crippen LogP contribution in [0.1, 0.15) is 32.1 Å². The second kappa shape index (κ2) is 8.18. The molecule has 27 heavy (non-hydrogen) atoms. The molecule has 2 aromatic carbocycles. The quantitative estimate of drug-likeness (QED) is 0.569. The summed E-state index contributed by atoms with van der Waals surface area (Å²) in [6, 6.07) is 17.9. The van der Waals surface area contributed by atoms with Crippen molar-refractivity contribution < 1.29 is 4.74 Å². The molecule has 0 radical (unpaired) electrons. The zero-order valence-electron chi connectivity index (χ0n) is 16.5. The third-order valence-corrected chi connectivity index (χ3v) is 6.08. The van der Waals surface area contributed by atoms with Gasteiger partial charge in [0.15, 0.2) is 0 Å². The van der Waals surface area contributed by atoms with E-state index in [9.17, 15) is 0 Å². The normalized spacial score (nSPS) is 15.5. The van der Waals surface area contributed by atoms with Crippen molar-refractivity contribution >= 4 is 10.9 Å². The number of hydrogen-bond donors (Lipinski definition) is 0. The van der Waals surface area contributed by atoms with Crippen LogP contribution in [0.4, 0.5) is 0 Å². The molecule has 0 N–H and O–H groups in total. The predicted octanol–water partition coefficient (Wildman–Crippen LogP) is 5.58. The van der Waals surface area contributed by atoms with Crippen LogP contribution < -0.4 is 4.74 Å². The summed E-state index contributed by atoms with van der Waals surface area (Å²) < 4.78 is 7.95. The minimum absolute atomic E-state index is 0.768. The molecule has 4 rings (SSSR count). The monoisotopic (exact) mass is 362 g/mol. The molecule has 0 spiro atoms. The van der Waals surface area contributed by atoms with Gasteiger partial charge in [0, 0.05) is 36.4 Å². The Hall–Kier alpha value is -2.26. The molecule has 0 atom stereocenters. The second-order valence-electron chi connectivity index (χ2n) is 7.76. The Morgan fingerprint density at radius 1 is 1.04 bits per heavy atom. The van der Waals surface area contributed by atoms with Crippen LogP contribution in [0, 0.1) is 0 Å². The molecule has 1 aliphatic rings. The fourth-order valence-electron chi connectivity index (χ4n) is 4.40. The number of ether oxygens (including phenoxy) is 1. The van der Waals surface area contributed by atoms with Crippen LogP contribution in [0.15, 0.2) is 54.7 Å². The Morgan fingerprint density at radius 2 is 1.85 bits per heavy atom. The average Bonchev–Trinajstić information content (AvgIpc) is 3.14. The molecule has 1 saturated carbocycles. The Labute approximate surface area is 162 Å². The van der Waals surface area contributed by atoms with Gasteiger partial charge in [-0.3, -0.25) is 0 Å². The molecule has 3 aromatic rings. The molecule has 0 unspecified atom stereocenters. The highest BCUT2D eigenvalue weighted by Gasteiger charge is 2.17. The van der Waals surface area contributed by atoms with E-state index >= 15 is 0 Å². The van der Waals surface area contributed by atoms with Gasteiger partial charge in [-0.15, -0.1) is 0 Å². The third kappa shape index (κ3) is 3.89. The molecular formula is C24H30N2O. The third-order valence-electron chi connectivity index (χ3n) is 6.08. The van der Waals surface area contributed by atoms with Gasteiger partial charge in [-0.25, -0.2) is 0 Å². The Bertz CT molecular complexity index is 892. The van der Waals surface area contributed by atoms with E-state index in [4.69, 9.17) is 4.74 Å². The Morgan fingerprint density at radius 3 is 2.67 bits per heavy atom. The first-order valence-electron chi connectivity index (χ1n) is 10.2. The van der Waals surface area contributed by atoms with Crippen molar-refractivity contribution in [3.63, 3.8) is 0 Å². The van der Waals surface area contributed by atoms with E-state index in [-0.39, 0.29) is 0 Å². The molecule has 1 fully saturated rings. The standard InChI is InChI=1S/C24H30N2O/c1-25(21-8-4-3-5-9-21)16-17-26-15-14-19-12-13-20(18-23(19)26)22-10-6-7-11-24(22)27-2/h6-7,10-15,18,21H,3-5,8-9,16-17H2,1-2H3. The molecule has 1 aromatic heterocycles. The first-order chi connectivity index (χ1) is 13.3. The molecule has 0 bridgehead atoms. The lowest BCUT2D eigenvalue weighted by Gasteiger charge is -2.31. The smallest absolute Gasteiger partial charge is 0.126 e. The lowest BCUT2D eigenvalue weighted by molar-refractivity contribution is 0.186. The van der Waals surface area contributed by atoms with E-state index in [0.29, 0.717) is 0 Å². The van der Waals surface area contributed by atoms with Crippen LogP contribution >= 0.6 is 0 Å². The van der Waals surface area contributed by atoms with Crippen molar-refractivity contribution in [2.24, 2.45) is 0 Å². The molecule has 0 saturated heterocycles. The highest BCUT2D eigenvalue weighted by molar-refractivity contribution is 5.86. The van der Waals surface area contributed by atoms with E-state index in [1.54, 1.807) is 7.11 Å². The van der Waals surface area contributed by atoms with E-state index < -0.39 is 0 Å². The van der Waals surface area contributed by atoms with Gasteiger partial charge in [-0.2, -0.15) is 0 Å². The van der Waals surface area contributed by atoms with Gasteiger partial charge in [-0.1, -0.05) is 49.6 Å². The van der Waals surface area contributed by atoms with E-state index in [2.05, 4.69) is 59.1 Å². The van der Waals surface area contributed by atoms with Gasteiger partial charge >= 0.3 is 0 Å². The van der Waals surface area contributed by atoms with Gasteiger partial charge in [0.1, 0.15) is 5.75 Å². The number of aromatic nitrogens is 1. The van der Waals surface area contributed by atoms with Gasteiger partial charge in [0.05, 0.1) is 7.11 Å². The van der Waals surface area contributed by atoms with Crippen molar-refractivity contribution in [2.45, 2.75) is 44.7 Å². The van der Waals surface area contributed by atoms with Crippen molar-refractivity contribution in [3.8, 4) is 16.9 Å². The Balaban J connectivity index is 1.55. The number of benzene rings is 2. The lowest BCUT2D eigenvalue weighted by atomic mass is 9.94. The van der Waals surface area contributed by atoms with Crippen molar-refractivity contribution in [3.05, 3.63) is 54.7 Å². The fraction of sp³-hybridized carbons (Fsp3) is 0.417. The van der Waals surface area contributed by atoms with Gasteiger partial charge in [0.2, 0.25) is 0 Å². The van der Waals surface area contributed by atoms with E-state index in [1.165, 1.54) is 48.6 Å². The highest BCUT2D eigenvalue weighted by Crippen LogP contribution is 2.32. The summed E-state index contributed by atoms with van der Waals surface area (Å²) in [5.74, 6) is 0.923. The van der Waals surface area contributed by atoms with Crippen LogP contribution in [-0.2, 0) is 6.54 Å². The summed E-state index contributed by atoms with van der Waals surface area (Å²) >= 11 is 0. The minimum Gasteiger partial charge on any atom is -0.496 e. The Kier molecular flexibility index (Phi) is 5.49. The summed E-state index contributed by atoms with van der Waals surface area (Å²) in [7, 11) is 4.03. The predicted molar refractivity (Wildman–Crippen MR) is 113 cm³/mol. The van der Waals surface area contributed by atoms with Crippen LogP contribution in [0.3, 0.4) is 0 Å². The molecule has 0 amide bonds. The number of methoxy groups -OCH3 is 1. The van der Waals surface area contributed by atoms with Crippen LogP contribution in [0.2, 0.25) is 0 Å². The number of rotatable bonds is 6. The van der Waals surface area contributed by atoms with Crippen molar-refractivity contribution in [2.75, 3.05) is 20.7 Å². The number of likely N-dealkylation sites (N-methyl/N-ethyl adjacent to an activating group) is 1. The summed E-state index contributed by atoms with van der Waals surface area (Å²) in [5.41, 5.74) is 3.66. The zero-order chi connectivity index (χ0) is 18.6. The number of fused-ring (bicyclic) bond motifs is 1. The zero-order valence-corrected chi connectivity index (χ0v) is 16.5. The van der Waals surface area contributed by atoms with Crippen molar-refractivity contribution in [1.29, 1.82) is 0 Å². The average molecular weight is 363 g/mol. The van der Waals surface area contributed by atoms with Crippen molar-refractivity contribution in [1.82, 2.24) is 9.47 Å². The van der Waals surface area contributed by atoms with Crippen LogP contribution in [0.5, 0.6) is 5.75 Å². The minimum atomic E-state index is 0.768. The van der Waals surface area contributed by atoms with Gasteiger partial charge in [-0.05, 0) is 49.0 Å². The summed E-state index contributed by atoms with van der Waals surface area (Å²) in [6.07, 6.45) is 9.15. The molecule has 1 aliphatic carbocycles. The van der Waals surface area contributed by atoms with Crippen LogP contribution in [-0.4, -0.2) is 36.2 Å². The lowest BCUT2D eigenvalue weighted by Crippen LogP contribution is -2.35. The maximum atomic E-state index is 5.56. The first kappa shape index (κ1) is 18.1. The maximum Gasteiger partial charge on any atom is 0.126 e. The highest BCUT2D eigenvalue weighted by atomic mass is 16.5. The fourth-order valence-corrected chi connectivity index (χ4v) is 4.40. The SMILES string of the molecule is COc1ccccc1-c1ccc2ccn(CCN(C)C3CCCCC3)c2c1.